The van der Waals surface area contributed by atoms with Gasteiger partial charge in [-0.05, 0) is 55.1 Å². The van der Waals surface area contributed by atoms with Crippen molar-refractivity contribution in [2.75, 3.05) is 37.2 Å². The Hall–Kier alpha value is -2.65. The third-order valence-electron chi connectivity index (χ3n) is 5.35. The van der Waals surface area contributed by atoms with Gasteiger partial charge >= 0.3 is 0 Å². The van der Waals surface area contributed by atoms with Gasteiger partial charge in [-0.3, -0.25) is 9.29 Å². The SMILES string of the molecule is CCOc1noc2cc(OCCC(C)CCN3CCN(c4ccncc4)S3=O)ccc12. The first kappa shape index (κ1) is 21.6. The Bertz CT molecular complexity index is 1010. The Morgan fingerprint density at radius 2 is 2.00 bits per heavy atom. The van der Waals surface area contributed by atoms with Crippen molar-refractivity contribution in [3.05, 3.63) is 42.7 Å². The largest absolute Gasteiger partial charge is 0.493 e. The molecule has 1 saturated heterocycles. The maximum atomic E-state index is 12.8. The minimum Gasteiger partial charge on any atom is -0.493 e. The monoisotopic (exact) mass is 444 g/mol. The molecule has 31 heavy (non-hydrogen) atoms. The van der Waals surface area contributed by atoms with Crippen molar-refractivity contribution in [2.45, 2.75) is 26.7 Å². The van der Waals surface area contributed by atoms with Crippen LogP contribution < -0.4 is 13.8 Å². The number of pyridine rings is 1. The Labute approximate surface area is 184 Å². The second-order valence-electron chi connectivity index (χ2n) is 7.58. The quantitative estimate of drug-likeness (QED) is 0.473. The van der Waals surface area contributed by atoms with Crippen molar-refractivity contribution in [3.8, 4) is 11.6 Å². The van der Waals surface area contributed by atoms with Crippen molar-refractivity contribution in [1.82, 2.24) is 14.4 Å². The number of benzene rings is 1. The van der Waals surface area contributed by atoms with Gasteiger partial charge < -0.3 is 14.0 Å². The lowest BCUT2D eigenvalue weighted by Crippen LogP contribution is -2.28. The van der Waals surface area contributed by atoms with E-state index in [1.165, 1.54) is 0 Å². The van der Waals surface area contributed by atoms with Gasteiger partial charge in [-0.25, -0.2) is 8.51 Å². The average Bonchev–Trinajstić information content (AvgIpc) is 3.36. The highest BCUT2D eigenvalue weighted by molar-refractivity contribution is 7.84. The Kier molecular flexibility index (Phi) is 7.03. The molecule has 0 aliphatic carbocycles. The van der Waals surface area contributed by atoms with Gasteiger partial charge in [0, 0.05) is 38.1 Å². The normalized spacial score (nSPS) is 17.9. The predicted octanol–water partition coefficient (Wildman–Crippen LogP) is 3.82. The first-order valence-electron chi connectivity index (χ1n) is 10.6. The molecule has 1 aliphatic rings. The number of aromatic nitrogens is 2. The molecule has 166 valence electrons. The maximum absolute atomic E-state index is 12.8. The van der Waals surface area contributed by atoms with Crippen LogP contribution in [-0.4, -0.2) is 51.5 Å². The van der Waals surface area contributed by atoms with Crippen LogP contribution in [0.4, 0.5) is 5.69 Å². The predicted molar refractivity (Wildman–Crippen MR) is 120 cm³/mol. The van der Waals surface area contributed by atoms with Crippen LogP contribution in [-0.2, 0) is 11.2 Å². The van der Waals surface area contributed by atoms with Gasteiger partial charge in [0.25, 0.3) is 5.88 Å². The van der Waals surface area contributed by atoms with Gasteiger partial charge in [-0.15, -0.1) is 0 Å². The summed E-state index contributed by atoms with van der Waals surface area (Å²) in [5.41, 5.74) is 1.61. The van der Waals surface area contributed by atoms with Crippen LogP contribution in [0.3, 0.4) is 0 Å². The van der Waals surface area contributed by atoms with Crippen LogP contribution in [0.15, 0.2) is 47.2 Å². The zero-order valence-electron chi connectivity index (χ0n) is 17.9. The van der Waals surface area contributed by atoms with Crippen LogP contribution in [0.1, 0.15) is 26.7 Å². The number of ether oxygens (including phenoxy) is 2. The van der Waals surface area contributed by atoms with Gasteiger partial charge in [0.1, 0.15) is 5.75 Å². The fraction of sp³-hybridized carbons (Fsp3) is 0.455. The van der Waals surface area contributed by atoms with Crippen LogP contribution in [0.2, 0.25) is 0 Å². The molecule has 2 atom stereocenters. The van der Waals surface area contributed by atoms with Crippen molar-refractivity contribution in [3.63, 3.8) is 0 Å². The Balaban J connectivity index is 1.21. The van der Waals surface area contributed by atoms with Gasteiger partial charge in [0.15, 0.2) is 16.8 Å². The van der Waals surface area contributed by atoms with Crippen LogP contribution in [0.5, 0.6) is 11.6 Å². The van der Waals surface area contributed by atoms with Gasteiger partial charge in [-0.1, -0.05) is 6.92 Å². The van der Waals surface area contributed by atoms with E-state index in [-0.39, 0.29) is 0 Å². The lowest BCUT2D eigenvalue weighted by atomic mass is 10.0. The number of hydrogen-bond acceptors (Lipinski definition) is 6. The molecule has 8 nitrogen and oxygen atoms in total. The van der Waals surface area contributed by atoms with E-state index in [4.69, 9.17) is 14.0 Å². The molecule has 1 fully saturated rings. The summed E-state index contributed by atoms with van der Waals surface area (Å²) < 4.78 is 33.4. The van der Waals surface area contributed by atoms with E-state index in [2.05, 4.69) is 17.1 Å². The number of rotatable bonds is 10. The van der Waals surface area contributed by atoms with Crippen LogP contribution in [0.25, 0.3) is 11.0 Å². The molecule has 1 aromatic carbocycles. The van der Waals surface area contributed by atoms with E-state index in [0.29, 0.717) is 30.6 Å². The van der Waals surface area contributed by atoms with E-state index >= 15 is 0 Å². The molecule has 3 aromatic rings. The summed E-state index contributed by atoms with van der Waals surface area (Å²) >= 11 is -1.13. The molecular formula is C22H28N4O4S. The van der Waals surface area contributed by atoms with Crippen LogP contribution >= 0.6 is 0 Å². The smallest absolute Gasteiger partial charge is 0.262 e. The highest BCUT2D eigenvalue weighted by Crippen LogP contribution is 2.28. The maximum Gasteiger partial charge on any atom is 0.262 e. The van der Waals surface area contributed by atoms with Crippen LogP contribution in [0, 0.1) is 5.92 Å². The molecule has 2 unspecified atom stereocenters. The minimum atomic E-state index is -1.13. The van der Waals surface area contributed by atoms with Crippen molar-refractivity contribution >= 4 is 27.8 Å². The molecule has 0 bridgehead atoms. The fourth-order valence-corrected chi connectivity index (χ4v) is 4.85. The molecular weight excluding hydrogens is 416 g/mol. The van der Waals surface area contributed by atoms with Gasteiger partial charge in [0.05, 0.1) is 24.3 Å². The molecule has 0 spiro atoms. The van der Waals surface area contributed by atoms with E-state index in [1.54, 1.807) is 12.4 Å². The topological polar surface area (TPSA) is 80.9 Å². The first-order chi connectivity index (χ1) is 15.2. The summed E-state index contributed by atoms with van der Waals surface area (Å²) in [6.07, 6.45) is 5.36. The van der Waals surface area contributed by atoms with E-state index in [0.717, 1.165) is 49.3 Å². The highest BCUT2D eigenvalue weighted by Gasteiger charge is 2.28. The molecule has 2 aromatic heterocycles. The second kappa shape index (κ2) is 10.1. The number of fused-ring (bicyclic) bond motifs is 1. The molecule has 0 saturated carbocycles. The van der Waals surface area contributed by atoms with E-state index < -0.39 is 11.2 Å². The van der Waals surface area contributed by atoms with E-state index in [9.17, 15) is 4.21 Å². The molecule has 0 radical (unpaired) electrons. The zero-order valence-corrected chi connectivity index (χ0v) is 18.7. The number of hydrogen-bond donors (Lipinski definition) is 0. The standard InChI is InChI=1S/C22H28N4O4S/c1-3-28-22-20-5-4-19(16-21(20)30-24-22)29-15-9-17(2)8-12-25-13-14-26(31(25)27)18-6-10-23-11-7-18/h4-7,10-11,16-17H,3,8-9,12-15H2,1-2H3. The Morgan fingerprint density at radius 1 is 1.16 bits per heavy atom. The molecule has 0 N–H and O–H groups in total. The summed E-state index contributed by atoms with van der Waals surface area (Å²) in [6.45, 7) is 7.66. The summed E-state index contributed by atoms with van der Waals surface area (Å²) in [6, 6.07) is 9.46. The molecule has 3 heterocycles. The summed E-state index contributed by atoms with van der Waals surface area (Å²) in [4.78, 5) is 4.03. The second-order valence-corrected chi connectivity index (χ2v) is 9.00. The third kappa shape index (κ3) is 5.16. The molecule has 0 amide bonds. The summed E-state index contributed by atoms with van der Waals surface area (Å²) in [5, 5.41) is 4.79. The van der Waals surface area contributed by atoms with Crippen molar-refractivity contribution < 1.29 is 18.2 Å². The molecule has 9 heteroatoms. The minimum absolute atomic E-state index is 0.463. The first-order valence-corrected chi connectivity index (χ1v) is 11.7. The lowest BCUT2D eigenvalue weighted by molar-refractivity contribution is 0.273. The fourth-order valence-electron chi connectivity index (χ4n) is 3.53. The molecule has 4 rings (SSSR count). The molecule has 1 aliphatic heterocycles. The van der Waals surface area contributed by atoms with Gasteiger partial charge in [-0.2, -0.15) is 0 Å². The average molecular weight is 445 g/mol. The highest BCUT2D eigenvalue weighted by atomic mass is 32.2. The van der Waals surface area contributed by atoms with Gasteiger partial charge in [0.2, 0.25) is 0 Å². The lowest BCUT2D eigenvalue weighted by Gasteiger charge is -2.19. The summed E-state index contributed by atoms with van der Waals surface area (Å²) in [7, 11) is 0. The summed E-state index contributed by atoms with van der Waals surface area (Å²) in [5.74, 6) is 1.73. The number of nitrogens with zero attached hydrogens (tertiary/aromatic N) is 4. The Morgan fingerprint density at radius 3 is 2.81 bits per heavy atom. The third-order valence-corrected chi connectivity index (χ3v) is 6.93. The van der Waals surface area contributed by atoms with Crippen molar-refractivity contribution in [2.24, 2.45) is 5.92 Å². The van der Waals surface area contributed by atoms with Crippen molar-refractivity contribution in [1.29, 1.82) is 0 Å². The zero-order chi connectivity index (χ0) is 21.6. The van der Waals surface area contributed by atoms with E-state index in [1.807, 2.05) is 45.9 Å². The number of anilines is 1.